The second-order valence-corrected chi connectivity index (χ2v) is 11.0. The number of ether oxygens (including phenoxy) is 2. The summed E-state index contributed by atoms with van der Waals surface area (Å²) in [5.41, 5.74) is 16.4. The third kappa shape index (κ3) is 11.2. The van der Waals surface area contributed by atoms with Crippen LogP contribution >= 0.6 is 0 Å². The number of methoxy groups -OCH3 is 1. The molecule has 3 aromatic carbocycles. The van der Waals surface area contributed by atoms with Gasteiger partial charge in [-0.1, -0.05) is 68.3 Å². The second kappa shape index (κ2) is 18.1. The van der Waals surface area contributed by atoms with Crippen LogP contribution in [0.5, 0.6) is 17.2 Å². The Morgan fingerprint density at radius 1 is 0.860 bits per heavy atom. The normalized spacial score (nSPS) is 12.2. The molecule has 0 aliphatic rings. The highest BCUT2D eigenvalue weighted by atomic mass is 16.5. The van der Waals surface area contributed by atoms with Gasteiger partial charge in [-0.25, -0.2) is 0 Å². The molecule has 0 amide bonds. The monoisotopic (exact) mass is 588 g/mol. The number of carbonyl (C=O) groups excluding carboxylic acids is 1. The zero-order valence-corrected chi connectivity index (χ0v) is 25.6. The Balaban J connectivity index is 1.64. The highest BCUT2D eigenvalue weighted by Crippen LogP contribution is 2.36. The third-order valence-electron chi connectivity index (χ3n) is 7.64. The minimum Gasteiger partial charge on any atom is -0.508 e. The summed E-state index contributed by atoms with van der Waals surface area (Å²) in [6, 6.07) is 18.8. The van der Waals surface area contributed by atoms with E-state index >= 15 is 0 Å². The molecule has 0 aliphatic carbocycles. The summed E-state index contributed by atoms with van der Waals surface area (Å²) >= 11 is 0. The number of phenolic OH excluding ortho intramolecular Hbond substituents is 2. The summed E-state index contributed by atoms with van der Waals surface area (Å²) in [4.78, 5) is 12.2. The molecule has 3 rings (SSSR count). The minimum absolute atomic E-state index is 0.0336. The van der Waals surface area contributed by atoms with E-state index in [2.05, 4.69) is 6.92 Å². The molecule has 0 aromatic heterocycles. The molecule has 6 N–H and O–H groups in total. The van der Waals surface area contributed by atoms with Crippen molar-refractivity contribution in [3.05, 3.63) is 101 Å². The second-order valence-electron chi connectivity index (χ2n) is 11.0. The van der Waals surface area contributed by atoms with Gasteiger partial charge in [0.25, 0.3) is 0 Å². The first kappa shape index (κ1) is 33.8. The highest BCUT2D eigenvalue weighted by Gasteiger charge is 2.19. The number of allylic oxidation sites excluding steroid dienone is 2. The molecule has 0 bridgehead atoms. The van der Waals surface area contributed by atoms with Crippen molar-refractivity contribution in [1.82, 2.24) is 0 Å². The zero-order chi connectivity index (χ0) is 31.0. The average Bonchev–Trinajstić information content (AvgIpc) is 3.00. The Labute approximate surface area is 256 Å². The van der Waals surface area contributed by atoms with E-state index in [1.807, 2.05) is 48.5 Å². The van der Waals surface area contributed by atoms with Crippen molar-refractivity contribution in [3.8, 4) is 17.2 Å². The van der Waals surface area contributed by atoms with Crippen LogP contribution in [0.3, 0.4) is 0 Å². The van der Waals surface area contributed by atoms with Gasteiger partial charge in [0.05, 0.1) is 12.8 Å². The van der Waals surface area contributed by atoms with Crippen LogP contribution in [-0.4, -0.2) is 36.3 Å². The molecule has 0 saturated heterocycles. The molecule has 0 aliphatic heterocycles. The molecule has 0 saturated carbocycles. The van der Waals surface area contributed by atoms with Crippen LogP contribution in [0.2, 0.25) is 0 Å². The lowest BCUT2D eigenvalue weighted by Gasteiger charge is -2.21. The van der Waals surface area contributed by atoms with Crippen LogP contribution in [0.25, 0.3) is 0 Å². The van der Waals surface area contributed by atoms with Crippen molar-refractivity contribution in [2.24, 2.45) is 11.5 Å². The van der Waals surface area contributed by atoms with Gasteiger partial charge in [0, 0.05) is 38.0 Å². The lowest BCUT2D eigenvalue weighted by atomic mass is 9.85. The molecule has 0 heterocycles. The number of ketones is 1. The first-order valence-electron chi connectivity index (χ1n) is 15.4. The zero-order valence-electron chi connectivity index (χ0n) is 25.6. The quantitative estimate of drug-likeness (QED) is 0.0686. The average molecular weight is 589 g/mol. The van der Waals surface area contributed by atoms with Gasteiger partial charge in [0.15, 0.2) is 17.3 Å². The van der Waals surface area contributed by atoms with Crippen molar-refractivity contribution < 1.29 is 24.5 Å². The van der Waals surface area contributed by atoms with Crippen LogP contribution in [0.1, 0.15) is 91.8 Å². The molecule has 3 aromatic rings. The summed E-state index contributed by atoms with van der Waals surface area (Å²) in [5, 5.41) is 21.2. The third-order valence-corrected chi connectivity index (χ3v) is 7.64. The van der Waals surface area contributed by atoms with Crippen LogP contribution < -0.4 is 16.2 Å². The largest absolute Gasteiger partial charge is 0.508 e. The molecule has 43 heavy (non-hydrogen) atoms. The molecule has 7 heteroatoms. The van der Waals surface area contributed by atoms with E-state index < -0.39 is 6.17 Å². The van der Waals surface area contributed by atoms with E-state index in [1.165, 1.54) is 12.8 Å². The van der Waals surface area contributed by atoms with E-state index in [4.69, 9.17) is 20.9 Å². The van der Waals surface area contributed by atoms with Gasteiger partial charge in [-0.2, -0.15) is 0 Å². The fraction of sp³-hybridized carbons (Fsp3) is 0.417. The van der Waals surface area contributed by atoms with E-state index in [-0.39, 0.29) is 23.2 Å². The summed E-state index contributed by atoms with van der Waals surface area (Å²) in [5.74, 6) is 0.775. The Morgan fingerprint density at radius 3 is 2.26 bits per heavy atom. The van der Waals surface area contributed by atoms with Gasteiger partial charge >= 0.3 is 0 Å². The predicted octanol–water partition coefficient (Wildman–Crippen LogP) is 6.83. The topological polar surface area (TPSA) is 128 Å². The van der Waals surface area contributed by atoms with Crippen molar-refractivity contribution in [2.45, 2.75) is 76.8 Å². The fourth-order valence-corrected chi connectivity index (χ4v) is 5.11. The number of aryl methyl sites for hydroxylation is 1. The molecule has 0 unspecified atom stereocenters. The number of carbonyl (C=O) groups is 1. The van der Waals surface area contributed by atoms with Crippen LogP contribution in [0, 0.1) is 0 Å². The van der Waals surface area contributed by atoms with Gasteiger partial charge in [-0.3, -0.25) is 4.79 Å². The Hall–Kier alpha value is -3.65. The molecule has 232 valence electrons. The minimum atomic E-state index is -0.539. The first-order chi connectivity index (χ1) is 20.8. The predicted molar refractivity (Wildman–Crippen MR) is 173 cm³/mol. The number of benzene rings is 3. The van der Waals surface area contributed by atoms with E-state index in [1.54, 1.807) is 31.4 Å². The molecule has 7 nitrogen and oxygen atoms in total. The fourth-order valence-electron chi connectivity index (χ4n) is 5.11. The van der Waals surface area contributed by atoms with Gasteiger partial charge < -0.3 is 31.2 Å². The number of hydrogen-bond donors (Lipinski definition) is 4. The van der Waals surface area contributed by atoms with Crippen LogP contribution in [-0.2, 0) is 22.4 Å². The maximum absolute atomic E-state index is 12.2. The summed E-state index contributed by atoms with van der Waals surface area (Å²) in [6.07, 6.45) is 10.7. The van der Waals surface area contributed by atoms with Crippen LogP contribution in [0.4, 0.5) is 0 Å². The Bertz CT molecular complexity index is 1300. The number of aromatic hydroxyl groups is 2. The number of hydrogen-bond acceptors (Lipinski definition) is 7. The first-order valence-corrected chi connectivity index (χ1v) is 15.4. The maximum atomic E-state index is 12.2. The molecular formula is C36H48N2O5. The number of phenols is 2. The van der Waals surface area contributed by atoms with Crippen molar-refractivity contribution in [3.63, 3.8) is 0 Å². The van der Waals surface area contributed by atoms with Crippen molar-refractivity contribution in [1.29, 1.82) is 0 Å². The molecule has 0 spiro atoms. The summed E-state index contributed by atoms with van der Waals surface area (Å²) < 4.78 is 11.3. The molecule has 0 radical (unpaired) electrons. The lowest BCUT2D eigenvalue weighted by Crippen LogP contribution is -2.19. The SMILES string of the molecule is CCCCCC=CC(=O)CCc1ccc(O)c(OCCc2ccc(O)c([C@H](CCCOC)c3ccc(C(N)N)cc3)c2)c1. The van der Waals surface area contributed by atoms with E-state index in [0.29, 0.717) is 38.2 Å². The maximum Gasteiger partial charge on any atom is 0.161 e. The number of unbranched alkanes of at least 4 members (excludes halogenated alkanes) is 3. The molecule has 0 fully saturated rings. The molecular weight excluding hydrogens is 540 g/mol. The van der Waals surface area contributed by atoms with E-state index in [0.717, 1.165) is 53.5 Å². The smallest absolute Gasteiger partial charge is 0.161 e. The van der Waals surface area contributed by atoms with Gasteiger partial charge in [-0.15, -0.1) is 0 Å². The number of nitrogens with two attached hydrogens (primary N) is 2. The van der Waals surface area contributed by atoms with Crippen LogP contribution in [0.15, 0.2) is 72.8 Å². The van der Waals surface area contributed by atoms with Gasteiger partial charge in [-0.05, 0) is 78.6 Å². The Morgan fingerprint density at radius 2 is 1.56 bits per heavy atom. The molecule has 1 atom stereocenters. The van der Waals surface area contributed by atoms with Gasteiger partial charge in [0.2, 0.25) is 0 Å². The van der Waals surface area contributed by atoms with E-state index in [9.17, 15) is 15.0 Å². The lowest BCUT2D eigenvalue weighted by molar-refractivity contribution is -0.114. The summed E-state index contributed by atoms with van der Waals surface area (Å²) in [6.45, 7) is 3.14. The highest BCUT2D eigenvalue weighted by molar-refractivity contribution is 5.89. The summed E-state index contributed by atoms with van der Waals surface area (Å²) in [7, 11) is 1.69. The van der Waals surface area contributed by atoms with Crippen molar-refractivity contribution in [2.75, 3.05) is 20.3 Å². The van der Waals surface area contributed by atoms with Gasteiger partial charge in [0.1, 0.15) is 5.75 Å². The Kier molecular flexibility index (Phi) is 14.3. The number of rotatable bonds is 19. The van der Waals surface area contributed by atoms with Crippen molar-refractivity contribution >= 4 is 5.78 Å². The standard InChI is InChI=1S/C36H48N2O5/c1-3-4-5-6-7-9-30(39)18-11-26-13-20-34(41)35(25-26)43-23-21-27-12-19-33(40)32(24-27)31(10-8-22-42-2)28-14-16-29(17-15-28)36(37)38/h7,9,12-17,19-20,24-25,31,36,40-41H,3-6,8,10-11,18,21-23,37-38H2,1-2H3/t31-/m1/s1.